The molecule has 16 atom stereocenters. The molecule has 144 valence electrons. The van der Waals surface area contributed by atoms with Gasteiger partial charge in [-0.15, -0.1) is 0 Å². The van der Waals surface area contributed by atoms with E-state index in [4.69, 9.17) is 0 Å². The highest BCUT2D eigenvalue weighted by Crippen LogP contribution is 2.78. The Labute approximate surface area is 163 Å². The van der Waals surface area contributed by atoms with Crippen molar-refractivity contribution < 1.29 is 4.79 Å². The van der Waals surface area contributed by atoms with Crippen LogP contribution >= 0.6 is 0 Å². The summed E-state index contributed by atoms with van der Waals surface area (Å²) in [6, 6.07) is 0. The van der Waals surface area contributed by atoms with Crippen molar-refractivity contribution in [1.29, 1.82) is 0 Å². The summed E-state index contributed by atoms with van der Waals surface area (Å²) < 4.78 is 0. The molecule has 0 N–H and O–H groups in total. The van der Waals surface area contributed by atoms with Crippen molar-refractivity contribution in [2.75, 3.05) is 0 Å². The maximum absolute atomic E-state index is 14.0. The van der Waals surface area contributed by atoms with Crippen LogP contribution in [0, 0.1) is 94.7 Å². The van der Waals surface area contributed by atoms with Crippen molar-refractivity contribution in [3.8, 4) is 0 Å². The van der Waals surface area contributed by atoms with E-state index in [9.17, 15) is 4.79 Å². The second-order valence-corrected chi connectivity index (χ2v) is 13.1. The maximum Gasteiger partial charge on any atom is 0.140 e. The van der Waals surface area contributed by atoms with E-state index < -0.39 is 0 Å². The van der Waals surface area contributed by atoms with E-state index in [1.54, 1.807) is 25.7 Å². The van der Waals surface area contributed by atoms with Crippen molar-refractivity contribution in [2.24, 2.45) is 94.7 Å². The van der Waals surface area contributed by atoms with Crippen LogP contribution < -0.4 is 0 Å². The SMILES string of the molecule is O=C1[C@@H]2[C@@H]3C[C@@H]([C@H]2[C@H]2[C@@H]4CC[C@@H]([C@H]12)[C@H]1[C@@H]2CC[C@H](C2)[C@H]41)[C@@H]1[C@@H]2CC[C@H](C2)[C@@H]31. The fourth-order valence-corrected chi connectivity index (χ4v) is 13.5. The molecule has 8 bridgehead atoms. The Hall–Kier alpha value is -0.330. The van der Waals surface area contributed by atoms with E-state index in [-0.39, 0.29) is 0 Å². The van der Waals surface area contributed by atoms with Gasteiger partial charge in [-0.25, -0.2) is 0 Å². The zero-order chi connectivity index (χ0) is 17.2. The van der Waals surface area contributed by atoms with Gasteiger partial charge in [0.2, 0.25) is 0 Å². The Kier molecular flexibility index (Phi) is 2.38. The summed E-state index contributed by atoms with van der Waals surface area (Å²) in [5.74, 6) is 15.8. The molecular formula is C26H34O. The zero-order valence-corrected chi connectivity index (χ0v) is 16.5. The number of ketones is 1. The highest BCUT2D eigenvalue weighted by molar-refractivity contribution is 5.88. The lowest BCUT2D eigenvalue weighted by atomic mass is 9.46. The molecule has 10 aliphatic rings. The van der Waals surface area contributed by atoms with Gasteiger partial charge in [-0.2, -0.15) is 0 Å². The van der Waals surface area contributed by atoms with Crippen molar-refractivity contribution in [3.05, 3.63) is 0 Å². The number of fused-ring (bicyclic) bond motifs is 15. The molecule has 0 aliphatic heterocycles. The van der Waals surface area contributed by atoms with Crippen LogP contribution in [-0.2, 0) is 4.79 Å². The molecule has 10 fully saturated rings. The Morgan fingerprint density at radius 2 is 0.926 bits per heavy atom. The molecule has 0 saturated heterocycles. The first-order chi connectivity index (χ1) is 13.3. The molecule has 0 spiro atoms. The van der Waals surface area contributed by atoms with Crippen LogP contribution in [0.2, 0.25) is 0 Å². The second-order valence-electron chi connectivity index (χ2n) is 13.1. The fourth-order valence-electron chi connectivity index (χ4n) is 13.5. The third-order valence-electron chi connectivity index (χ3n) is 13.3. The van der Waals surface area contributed by atoms with Crippen molar-refractivity contribution >= 4 is 5.78 Å². The molecule has 10 rings (SSSR count). The summed E-state index contributed by atoms with van der Waals surface area (Å²) in [4.78, 5) is 14.0. The molecule has 0 aromatic heterocycles. The quantitative estimate of drug-likeness (QED) is 0.551. The maximum atomic E-state index is 14.0. The number of Topliss-reactive ketones (excluding diaryl/α,β-unsaturated/α-hetero) is 1. The summed E-state index contributed by atoms with van der Waals surface area (Å²) in [7, 11) is 0. The number of carbonyl (C=O) groups is 1. The third kappa shape index (κ3) is 1.36. The zero-order valence-electron chi connectivity index (χ0n) is 16.5. The average Bonchev–Trinajstić information content (AvgIpc) is 3.51. The van der Waals surface area contributed by atoms with Crippen molar-refractivity contribution in [1.82, 2.24) is 0 Å². The van der Waals surface area contributed by atoms with E-state index in [2.05, 4.69) is 0 Å². The molecule has 0 radical (unpaired) electrons. The average molecular weight is 363 g/mol. The molecule has 0 unspecified atom stereocenters. The Bertz CT molecular complexity index is 755. The summed E-state index contributed by atoms with van der Waals surface area (Å²) >= 11 is 0. The fraction of sp³-hybridized carbons (Fsp3) is 0.962. The van der Waals surface area contributed by atoms with Crippen LogP contribution in [0.3, 0.4) is 0 Å². The summed E-state index contributed by atoms with van der Waals surface area (Å²) in [5, 5.41) is 0. The number of hydrogen-bond acceptors (Lipinski definition) is 1. The van der Waals surface area contributed by atoms with Crippen LogP contribution in [0.4, 0.5) is 0 Å². The van der Waals surface area contributed by atoms with Gasteiger partial charge in [0.05, 0.1) is 0 Å². The summed E-state index contributed by atoms with van der Waals surface area (Å²) in [6.45, 7) is 0. The molecular weight excluding hydrogens is 328 g/mol. The molecule has 0 amide bonds. The van der Waals surface area contributed by atoms with Crippen molar-refractivity contribution in [2.45, 2.75) is 57.8 Å². The number of carbonyl (C=O) groups excluding carboxylic acids is 1. The molecule has 0 heterocycles. The predicted molar refractivity (Wildman–Crippen MR) is 102 cm³/mol. The summed E-state index contributed by atoms with van der Waals surface area (Å²) in [5.41, 5.74) is 0. The van der Waals surface area contributed by atoms with Gasteiger partial charge in [0.1, 0.15) is 5.78 Å². The van der Waals surface area contributed by atoms with Gasteiger partial charge in [0, 0.05) is 11.8 Å². The standard InChI is InChI=1S/C26H34O/c27-26-24-15-6-5-14(18-10-1-2-11(7-10)19(15)18)22(24)23-16-9-17(25(23)26)21-13-4-3-12(8-13)20(16)21/h10-25H,1-9H2/t10-,11-,12-,13-,14-,15-,16-,17-,18-,19-,20+,21+,22-,23+,24+,25-/m1/s1. The first-order valence-electron chi connectivity index (χ1n) is 12.8. The predicted octanol–water partition coefficient (Wildman–Crippen LogP) is 5.05. The minimum Gasteiger partial charge on any atom is -0.299 e. The molecule has 27 heavy (non-hydrogen) atoms. The first kappa shape index (κ1) is 14.6. The third-order valence-corrected chi connectivity index (χ3v) is 13.3. The van der Waals surface area contributed by atoms with Gasteiger partial charge < -0.3 is 0 Å². The number of hydrogen-bond donors (Lipinski definition) is 0. The highest BCUT2D eigenvalue weighted by atomic mass is 16.1. The van der Waals surface area contributed by atoms with Crippen LogP contribution in [0.5, 0.6) is 0 Å². The van der Waals surface area contributed by atoms with Gasteiger partial charge in [-0.05, 0) is 141 Å². The monoisotopic (exact) mass is 362 g/mol. The largest absolute Gasteiger partial charge is 0.299 e. The normalized spacial score (nSPS) is 73.4. The Morgan fingerprint density at radius 1 is 0.444 bits per heavy atom. The minimum atomic E-state index is 0.557. The summed E-state index contributed by atoms with van der Waals surface area (Å²) in [6.07, 6.45) is 13.7. The topological polar surface area (TPSA) is 17.1 Å². The van der Waals surface area contributed by atoms with Crippen LogP contribution in [-0.4, -0.2) is 5.78 Å². The van der Waals surface area contributed by atoms with E-state index in [1.165, 1.54) is 32.1 Å². The van der Waals surface area contributed by atoms with E-state index in [0.717, 1.165) is 88.6 Å². The van der Waals surface area contributed by atoms with E-state index >= 15 is 0 Å². The van der Waals surface area contributed by atoms with Crippen molar-refractivity contribution in [3.63, 3.8) is 0 Å². The van der Waals surface area contributed by atoms with Crippen LogP contribution in [0.1, 0.15) is 57.8 Å². The van der Waals surface area contributed by atoms with Gasteiger partial charge in [-0.3, -0.25) is 4.79 Å². The van der Waals surface area contributed by atoms with Gasteiger partial charge in [0.25, 0.3) is 0 Å². The number of rotatable bonds is 0. The van der Waals surface area contributed by atoms with E-state index in [1.807, 2.05) is 0 Å². The van der Waals surface area contributed by atoms with Crippen LogP contribution in [0.25, 0.3) is 0 Å². The van der Waals surface area contributed by atoms with Gasteiger partial charge in [-0.1, -0.05) is 0 Å². The molecule has 0 aromatic carbocycles. The highest BCUT2D eigenvalue weighted by Gasteiger charge is 2.76. The van der Waals surface area contributed by atoms with Gasteiger partial charge in [0.15, 0.2) is 0 Å². The lowest BCUT2D eigenvalue weighted by Crippen LogP contribution is -2.54. The Morgan fingerprint density at radius 3 is 1.63 bits per heavy atom. The second kappa shape index (κ2) is 4.39. The smallest absolute Gasteiger partial charge is 0.140 e. The molecule has 1 heteroatoms. The minimum absolute atomic E-state index is 0.557. The lowest BCUT2D eigenvalue weighted by molar-refractivity contribution is -0.140. The molecule has 1 nitrogen and oxygen atoms in total. The molecule has 0 aromatic rings. The molecule has 10 aliphatic carbocycles. The first-order valence-corrected chi connectivity index (χ1v) is 12.8. The Balaban J connectivity index is 1.17. The molecule has 10 saturated carbocycles. The van der Waals surface area contributed by atoms with E-state index in [0.29, 0.717) is 11.8 Å². The van der Waals surface area contributed by atoms with Crippen LogP contribution in [0.15, 0.2) is 0 Å². The van der Waals surface area contributed by atoms with Gasteiger partial charge >= 0.3 is 0 Å². The lowest BCUT2D eigenvalue weighted by Gasteiger charge is -2.58.